The molecule has 0 radical (unpaired) electrons. The molecule has 1 aliphatic carbocycles. The Balaban J connectivity index is 1.59. The van der Waals surface area contributed by atoms with E-state index in [2.05, 4.69) is 11.4 Å². The predicted molar refractivity (Wildman–Crippen MR) is 119 cm³/mol. The maximum absolute atomic E-state index is 13.0. The van der Waals surface area contributed by atoms with E-state index >= 15 is 0 Å². The van der Waals surface area contributed by atoms with E-state index in [1.807, 2.05) is 48.5 Å². The van der Waals surface area contributed by atoms with E-state index in [1.165, 1.54) is 11.3 Å². The van der Waals surface area contributed by atoms with Gasteiger partial charge in [-0.25, -0.2) is 4.79 Å². The number of nitrogens with zero attached hydrogens (tertiary/aromatic N) is 2. The van der Waals surface area contributed by atoms with E-state index in [9.17, 15) is 15.2 Å². The van der Waals surface area contributed by atoms with Crippen LogP contribution in [0.3, 0.4) is 0 Å². The average Bonchev–Trinajstić information content (AvgIpc) is 2.80. The van der Waals surface area contributed by atoms with E-state index in [-0.39, 0.29) is 24.6 Å². The Hall–Kier alpha value is -3.04. The topological polar surface area (TPSA) is 85.6 Å². The number of amides is 2. The van der Waals surface area contributed by atoms with Gasteiger partial charge in [-0.05, 0) is 41.7 Å². The fraction of sp³-hybridized carbons (Fsp3) is 0.440. The summed E-state index contributed by atoms with van der Waals surface area (Å²) in [6.07, 6.45) is 5.40. The average molecular weight is 420 g/mol. The van der Waals surface area contributed by atoms with Crippen LogP contribution in [-0.4, -0.2) is 47.9 Å². The molecule has 1 aliphatic heterocycles. The van der Waals surface area contributed by atoms with Crippen molar-refractivity contribution in [3.05, 3.63) is 54.1 Å². The fourth-order valence-corrected chi connectivity index (χ4v) is 4.98. The molecule has 162 valence electrons. The van der Waals surface area contributed by atoms with Gasteiger partial charge in [0.25, 0.3) is 0 Å². The molecule has 2 fully saturated rings. The molecule has 6 nitrogen and oxygen atoms in total. The third-order valence-corrected chi connectivity index (χ3v) is 6.62. The highest BCUT2D eigenvalue weighted by Crippen LogP contribution is 2.44. The number of rotatable bonds is 5. The zero-order valence-corrected chi connectivity index (χ0v) is 17.8. The number of hydrogen-bond acceptors (Lipinski definition) is 4. The highest BCUT2D eigenvalue weighted by molar-refractivity contribution is 5.79. The van der Waals surface area contributed by atoms with Gasteiger partial charge < -0.3 is 20.1 Å². The number of nitriles is 1. The molecule has 0 aromatic heterocycles. The van der Waals surface area contributed by atoms with E-state index in [0.29, 0.717) is 0 Å². The quantitative estimate of drug-likeness (QED) is 0.765. The number of aliphatic hydroxyl groups is 1. The normalized spacial score (nSPS) is 23.5. The minimum Gasteiger partial charge on any atom is -0.497 e. The minimum absolute atomic E-state index is 0.158. The molecule has 2 N–H and O–H groups in total. The maximum Gasteiger partial charge on any atom is 0.319 e. The first kappa shape index (κ1) is 21.2. The molecule has 1 saturated carbocycles. The molecule has 2 aromatic carbocycles. The second-order valence-corrected chi connectivity index (χ2v) is 8.36. The SMILES string of the molecule is COc1ccc(-c2ccccc2[C@H]2[C@@H](CO)N(C(=O)NC3CCCCC3)[C@H]2C#N)cc1. The van der Waals surface area contributed by atoms with Crippen LogP contribution in [0, 0.1) is 11.3 Å². The molecule has 6 heteroatoms. The van der Waals surface area contributed by atoms with Crippen LogP contribution < -0.4 is 10.1 Å². The Morgan fingerprint density at radius 1 is 1.16 bits per heavy atom. The van der Waals surface area contributed by atoms with Crippen molar-refractivity contribution in [3.63, 3.8) is 0 Å². The standard InChI is InChI=1S/C25H29N3O3/c1-31-19-13-11-17(12-14-19)20-9-5-6-10-21(20)24-22(15-26)28(23(24)16-29)25(30)27-18-7-3-2-4-8-18/h5-6,9-14,18,22-24,29H,2-4,7-8,16H2,1H3,(H,27,30)/t22-,23+,24+/m0/s1. The van der Waals surface area contributed by atoms with E-state index < -0.39 is 12.1 Å². The van der Waals surface area contributed by atoms with Crippen LogP contribution in [0.5, 0.6) is 5.75 Å². The molecule has 1 heterocycles. The van der Waals surface area contributed by atoms with Crippen LogP contribution in [0.1, 0.15) is 43.6 Å². The fourth-order valence-electron chi connectivity index (χ4n) is 4.98. The second-order valence-electron chi connectivity index (χ2n) is 8.36. The Morgan fingerprint density at radius 2 is 1.87 bits per heavy atom. The van der Waals surface area contributed by atoms with Crippen LogP contribution in [0.4, 0.5) is 4.79 Å². The molecule has 2 aromatic rings. The zero-order chi connectivity index (χ0) is 21.8. The second kappa shape index (κ2) is 9.40. The monoisotopic (exact) mass is 419 g/mol. The number of benzene rings is 2. The molecule has 3 atom stereocenters. The summed E-state index contributed by atoms with van der Waals surface area (Å²) < 4.78 is 5.26. The lowest BCUT2D eigenvalue weighted by atomic mass is 9.73. The van der Waals surface area contributed by atoms with Crippen molar-refractivity contribution < 1.29 is 14.6 Å². The summed E-state index contributed by atoms with van der Waals surface area (Å²) >= 11 is 0. The highest BCUT2D eigenvalue weighted by Gasteiger charge is 2.52. The Morgan fingerprint density at radius 3 is 2.52 bits per heavy atom. The third-order valence-electron chi connectivity index (χ3n) is 6.62. The minimum atomic E-state index is -0.611. The number of nitrogens with one attached hydrogen (secondary N) is 1. The number of methoxy groups -OCH3 is 1. The first-order valence-corrected chi connectivity index (χ1v) is 11.0. The molecule has 0 bridgehead atoms. The first-order chi connectivity index (χ1) is 15.2. The largest absolute Gasteiger partial charge is 0.497 e. The molecule has 31 heavy (non-hydrogen) atoms. The van der Waals surface area contributed by atoms with Gasteiger partial charge in [-0.1, -0.05) is 55.7 Å². The third kappa shape index (κ3) is 4.11. The zero-order valence-electron chi connectivity index (χ0n) is 17.8. The molecule has 0 spiro atoms. The summed E-state index contributed by atoms with van der Waals surface area (Å²) in [4.78, 5) is 14.5. The van der Waals surface area contributed by atoms with Crippen molar-refractivity contribution in [1.29, 1.82) is 5.26 Å². The highest BCUT2D eigenvalue weighted by atomic mass is 16.5. The number of carbonyl (C=O) groups excluding carboxylic acids is 1. The lowest BCUT2D eigenvalue weighted by Gasteiger charge is -2.52. The van der Waals surface area contributed by atoms with Crippen molar-refractivity contribution in [2.45, 2.75) is 56.1 Å². The first-order valence-electron chi connectivity index (χ1n) is 11.0. The lowest BCUT2D eigenvalue weighted by molar-refractivity contribution is 0.0155. The molecule has 1 saturated heterocycles. The van der Waals surface area contributed by atoms with Gasteiger partial charge in [-0.3, -0.25) is 0 Å². The number of carbonyl (C=O) groups is 1. The number of ether oxygens (including phenoxy) is 1. The predicted octanol–water partition coefficient (Wildman–Crippen LogP) is 4.06. The van der Waals surface area contributed by atoms with Crippen LogP contribution >= 0.6 is 0 Å². The van der Waals surface area contributed by atoms with E-state index in [0.717, 1.165) is 48.1 Å². The molecule has 4 rings (SSSR count). The van der Waals surface area contributed by atoms with Gasteiger partial charge in [0.2, 0.25) is 0 Å². The molecular weight excluding hydrogens is 390 g/mol. The Kier molecular flexibility index (Phi) is 6.43. The van der Waals surface area contributed by atoms with Crippen LogP contribution in [-0.2, 0) is 0 Å². The smallest absolute Gasteiger partial charge is 0.319 e. The molecule has 2 aliphatic rings. The number of hydrogen-bond donors (Lipinski definition) is 2. The van der Waals surface area contributed by atoms with Crippen molar-refractivity contribution in [3.8, 4) is 22.9 Å². The lowest BCUT2D eigenvalue weighted by Crippen LogP contribution is -2.68. The van der Waals surface area contributed by atoms with E-state index in [1.54, 1.807) is 7.11 Å². The van der Waals surface area contributed by atoms with Gasteiger partial charge in [-0.15, -0.1) is 0 Å². The van der Waals surface area contributed by atoms with Crippen molar-refractivity contribution in [2.75, 3.05) is 13.7 Å². The van der Waals surface area contributed by atoms with Gasteiger partial charge >= 0.3 is 6.03 Å². The summed E-state index contributed by atoms with van der Waals surface area (Å²) in [5, 5.41) is 23.1. The van der Waals surface area contributed by atoms with Gasteiger partial charge in [0.15, 0.2) is 0 Å². The number of aliphatic hydroxyl groups excluding tert-OH is 1. The van der Waals surface area contributed by atoms with Crippen LogP contribution in [0.15, 0.2) is 48.5 Å². The van der Waals surface area contributed by atoms with Crippen molar-refractivity contribution >= 4 is 6.03 Å². The van der Waals surface area contributed by atoms with Gasteiger partial charge in [-0.2, -0.15) is 5.26 Å². The number of likely N-dealkylation sites (tertiary alicyclic amines) is 1. The summed E-state index contributed by atoms with van der Waals surface area (Å²) in [6, 6.07) is 16.9. The van der Waals surface area contributed by atoms with Crippen molar-refractivity contribution in [2.24, 2.45) is 0 Å². The van der Waals surface area contributed by atoms with Gasteiger partial charge in [0.1, 0.15) is 11.8 Å². The molecule has 2 amide bonds. The Bertz CT molecular complexity index is 947. The molecular formula is C25H29N3O3. The van der Waals surface area contributed by atoms with Crippen LogP contribution in [0.25, 0.3) is 11.1 Å². The van der Waals surface area contributed by atoms with E-state index in [4.69, 9.17) is 4.74 Å². The summed E-state index contributed by atoms with van der Waals surface area (Å²) in [5.41, 5.74) is 2.98. The number of urea groups is 1. The maximum atomic E-state index is 13.0. The summed E-state index contributed by atoms with van der Waals surface area (Å²) in [6.45, 7) is -0.183. The van der Waals surface area contributed by atoms with Crippen molar-refractivity contribution in [1.82, 2.24) is 10.2 Å². The van der Waals surface area contributed by atoms with Crippen LogP contribution in [0.2, 0.25) is 0 Å². The van der Waals surface area contributed by atoms with Gasteiger partial charge in [0, 0.05) is 12.0 Å². The Labute approximate surface area is 183 Å². The van der Waals surface area contributed by atoms with Gasteiger partial charge in [0.05, 0.1) is 25.8 Å². The molecule has 0 unspecified atom stereocenters. The summed E-state index contributed by atoms with van der Waals surface area (Å²) in [5.74, 6) is 0.531. The summed E-state index contributed by atoms with van der Waals surface area (Å²) in [7, 11) is 1.63.